The first-order valence-electron chi connectivity index (χ1n) is 8.65. The Kier molecular flexibility index (Phi) is 6.16. The highest BCUT2D eigenvalue weighted by molar-refractivity contribution is 7.14. The number of thiophene rings is 1. The zero-order valence-electron chi connectivity index (χ0n) is 14.5. The molecule has 3 rings (SSSR count). The molecule has 1 aliphatic rings. The van der Waals surface area contributed by atoms with E-state index in [0.717, 1.165) is 19.3 Å². The maximum absolute atomic E-state index is 12.3. The maximum atomic E-state index is 12.3. The number of para-hydroxylation sites is 1. The lowest BCUT2D eigenvalue weighted by Crippen LogP contribution is -2.43. The molecule has 0 spiro atoms. The molecule has 1 heterocycles. The summed E-state index contributed by atoms with van der Waals surface area (Å²) < 4.78 is 5.33. The van der Waals surface area contributed by atoms with Crippen LogP contribution in [0.1, 0.15) is 39.9 Å². The second-order valence-corrected chi connectivity index (χ2v) is 7.84. The summed E-state index contributed by atoms with van der Waals surface area (Å²) in [5.74, 6) is 0.371. The molecule has 0 fully saturated rings. The molecular weight excluding hydrogens is 372 g/mol. The van der Waals surface area contributed by atoms with Crippen LogP contribution in [0, 0.1) is 5.92 Å². The van der Waals surface area contributed by atoms with Gasteiger partial charge in [-0.2, -0.15) is 0 Å². The third-order valence-electron chi connectivity index (χ3n) is 4.50. The van der Waals surface area contributed by atoms with E-state index in [1.165, 1.54) is 28.2 Å². The lowest BCUT2D eigenvalue weighted by Gasteiger charge is -2.19. The highest BCUT2D eigenvalue weighted by Gasteiger charge is 2.22. The van der Waals surface area contributed by atoms with E-state index in [0.29, 0.717) is 21.6 Å². The number of rotatable bonds is 5. The first kappa shape index (κ1) is 18.7. The van der Waals surface area contributed by atoms with E-state index in [9.17, 15) is 9.59 Å². The highest BCUT2D eigenvalue weighted by atomic mass is 35.5. The van der Waals surface area contributed by atoms with Crippen LogP contribution in [0.3, 0.4) is 0 Å². The summed E-state index contributed by atoms with van der Waals surface area (Å²) >= 11 is 7.47. The van der Waals surface area contributed by atoms with E-state index in [1.807, 2.05) is 6.07 Å². The first-order chi connectivity index (χ1) is 12.6. The van der Waals surface area contributed by atoms with Gasteiger partial charge in [0.15, 0.2) is 6.61 Å². The van der Waals surface area contributed by atoms with Crippen molar-refractivity contribution >= 4 is 34.8 Å². The minimum atomic E-state index is -0.453. The third-order valence-corrected chi connectivity index (χ3v) is 6.05. The summed E-state index contributed by atoms with van der Waals surface area (Å²) in [7, 11) is 0. The number of fused-ring (bicyclic) bond motifs is 1. The van der Waals surface area contributed by atoms with E-state index in [-0.39, 0.29) is 12.5 Å². The van der Waals surface area contributed by atoms with E-state index >= 15 is 0 Å². The Morgan fingerprint density at radius 1 is 1.31 bits per heavy atom. The van der Waals surface area contributed by atoms with Gasteiger partial charge in [-0.25, -0.2) is 0 Å². The third kappa shape index (κ3) is 4.56. The molecule has 1 aromatic heterocycles. The van der Waals surface area contributed by atoms with Crippen LogP contribution < -0.4 is 15.6 Å². The second kappa shape index (κ2) is 8.56. The first-order valence-corrected chi connectivity index (χ1v) is 9.84. The fourth-order valence-electron chi connectivity index (χ4n) is 2.99. The standard InChI is InChI=1S/C19H21ClN2O3S/c1-2-12-7-8-16-13(9-12)10-17(26-16)19(24)22-21-18(23)11-25-15-6-4-3-5-14(15)20/h3-6,10,12H,2,7-9,11H2,1H3,(H,21,23)(H,22,24)/t12-/m1/s1. The fraction of sp³-hybridized carbons (Fsp3) is 0.368. The maximum Gasteiger partial charge on any atom is 0.279 e. The number of halogens is 1. The molecule has 2 aromatic rings. The Hall–Kier alpha value is -2.05. The average Bonchev–Trinajstić information content (AvgIpc) is 3.08. The number of amides is 2. The molecule has 0 saturated carbocycles. The zero-order chi connectivity index (χ0) is 18.5. The lowest BCUT2D eigenvalue weighted by molar-refractivity contribution is -0.123. The number of carbonyl (C=O) groups excluding carboxylic acids is 2. The number of hydrogen-bond acceptors (Lipinski definition) is 4. The van der Waals surface area contributed by atoms with Crippen molar-refractivity contribution in [1.29, 1.82) is 0 Å². The summed E-state index contributed by atoms with van der Waals surface area (Å²) in [5.41, 5.74) is 6.08. The average molecular weight is 393 g/mol. The van der Waals surface area contributed by atoms with Gasteiger partial charge in [-0.1, -0.05) is 37.1 Å². The van der Waals surface area contributed by atoms with Crippen molar-refractivity contribution in [3.05, 3.63) is 50.7 Å². The van der Waals surface area contributed by atoms with Gasteiger partial charge in [-0.15, -0.1) is 11.3 Å². The molecule has 7 heteroatoms. The van der Waals surface area contributed by atoms with Crippen LogP contribution in [0.15, 0.2) is 30.3 Å². The molecule has 0 radical (unpaired) electrons. The summed E-state index contributed by atoms with van der Waals surface area (Å²) in [6.45, 7) is 1.97. The van der Waals surface area contributed by atoms with Crippen LogP contribution in [0.25, 0.3) is 0 Å². The number of nitrogens with one attached hydrogen (secondary N) is 2. The number of aryl methyl sites for hydroxylation is 1. The van der Waals surface area contributed by atoms with Gasteiger partial charge in [-0.05, 0) is 48.9 Å². The molecule has 0 unspecified atom stereocenters. The molecular formula is C19H21ClN2O3S. The SMILES string of the molecule is CC[C@@H]1CCc2sc(C(=O)NNC(=O)COc3ccccc3Cl)cc2C1. The molecule has 5 nitrogen and oxygen atoms in total. The second-order valence-electron chi connectivity index (χ2n) is 6.30. The quantitative estimate of drug-likeness (QED) is 0.761. The van der Waals surface area contributed by atoms with Gasteiger partial charge in [0.2, 0.25) is 0 Å². The minimum Gasteiger partial charge on any atom is -0.482 e. The van der Waals surface area contributed by atoms with Crippen molar-refractivity contribution in [3.63, 3.8) is 0 Å². The Balaban J connectivity index is 1.49. The number of carbonyl (C=O) groups is 2. The summed E-state index contributed by atoms with van der Waals surface area (Å²) in [5, 5.41) is 0.430. The largest absolute Gasteiger partial charge is 0.482 e. The number of benzene rings is 1. The zero-order valence-corrected chi connectivity index (χ0v) is 16.1. The fourth-order valence-corrected chi connectivity index (χ4v) is 4.28. The Morgan fingerprint density at radius 3 is 2.88 bits per heavy atom. The molecule has 138 valence electrons. The van der Waals surface area contributed by atoms with Crippen LogP contribution in [0.4, 0.5) is 0 Å². The van der Waals surface area contributed by atoms with E-state index in [4.69, 9.17) is 16.3 Å². The smallest absolute Gasteiger partial charge is 0.279 e. The predicted octanol–water partition coefficient (Wildman–Crippen LogP) is 3.76. The predicted molar refractivity (Wildman–Crippen MR) is 103 cm³/mol. The molecule has 2 amide bonds. The molecule has 0 aliphatic heterocycles. The summed E-state index contributed by atoms with van der Waals surface area (Å²) in [4.78, 5) is 26.0. The van der Waals surface area contributed by atoms with E-state index in [1.54, 1.807) is 24.3 Å². The van der Waals surface area contributed by atoms with Gasteiger partial charge in [0.25, 0.3) is 11.8 Å². The molecule has 0 saturated heterocycles. The molecule has 1 atom stereocenters. The van der Waals surface area contributed by atoms with Crippen molar-refractivity contribution in [3.8, 4) is 5.75 Å². The molecule has 1 aromatic carbocycles. The number of hydrazine groups is 1. The number of hydrogen-bond donors (Lipinski definition) is 2. The lowest BCUT2D eigenvalue weighted by atomic mass is 9.87. The molecule has 0 bridgehead atoms. The van der Waals surface area contributed by atoms with Crippen molar-refractivity contribution in [2.24, 2.45) is 5.92 Å². The summed E-state index contributed by atoms with van der Waals surface area (Å²) in [6.07, 6.45) is 4.41. The van der Waals surface area contributed by atoms with E-state index < -0.39 is 5.91 Å². The topological polar surface area (TPSA) is 67.4 Å². The van der Waals surface area contributed by atoms with Crippen LogP contribution in [0.5, 0.6) is 5.75 Å². The molecule has 2 N–H and O–H groups in total. The minimum absolute atomic E-state index is 0.233. The van der Waals surface area contributed by atoms with Crippen molar-refractivity contribution in [2.45, 2.75) is 32.6 Å². The van der Waals surface area contributed by atoms with Gasteiger partial charge in [0.1, 0.15) is 5.75 Å². The molecule has 26 heavy (non-hydrogen) atoms. The van der Waals surface area contributed by atoms with Gasteiger partial charge >= 0.3 is 0 Å². The Morgan fingerprint density at radius 2 is 2.12 bits per heavy atom. The van der Waals surface area contributed by atoms with E-state index in [2.05, 4.69) is 17.8 Å². The van der Waals surface area contributed by atoms with Crippen LogP contribution >= 0.6 is 22.9 Å². The van der Waals surface area contributed by atoms with Crippen molar-refractivity contribution < 1.29 is 14.3 Å². The Labute approximate surface area is 161 Å². The van der Waals surface area contributed by atoms with Gasteiger partial charge in [0.05, 0.1) is 9.90 Å². The Bertz CT molecular complexity index is 806. The molecule has 1 aliphatic carbocycles. The van der Waals surface area contributed by atoms with Crippen LogP contribution in [-0.4, -0.2) is 18.4 Å². The number of ether oxygens (including phenoxy) is 1. The summed E-state index contributed by atoms with van der Waals surface area (Å²) in [6, 6.07) is 8.84. The van der Waals surface area contributed by atoms with Gasteiger partial charge in [0, 0.05) is 4.88 Å². The van der Waals surface area contributed by atoms with Gasteiger partial charge in [-0.3, -0.25) is 20.4 Å². The normalized spacial score (nSPS) is 15.8. The van der Waals surface area contributed by atoms with Crippen LogP contribution in [-0.2, 0) is 17.6 Å². The van der Waals surface area contributed by atoms with Crippen molar-refractivity contribution in [1.82, 2.24) is 10.9 Å². The van der Waals surface area contributed by atoms with Crippen molar-refractivity contribution in [2.75, 3.05) is 6.61 Å². The monoisotopic (exact) mass is 392 g/mol. The highest BCUT2D eigenvalue weighted by Crippen LogP contribution is 2.33. The van der Waals surface area contributed by atoms with Crippen LogP contribution in [0.2, 0.25) is 5.02 Å². The van der Waals surface area contributed by atoms with Gasteiger partial charge < -0.3 is 4.74 Å².